The van der Waals surface area contributed by atoms with E-state index >= 15 is 0 Å². The van der Waals surface area contributed by atoms with E-state index in [-0.39, 0.29) is 22.8 Å². The molecular weight excluding hydrogens is 473 g/mol. The zero-order valence-corrected chi connectivity index (χ0v) is 19.7. The zero-order valence-electron chi connectivity index (χ0n) is 19.7. The fourth-order valence-corrected chi connectivity index (χ4v) is 3.99. The number of hydrogen-bond acceptors (Lipinski definition) is 4. The number of halogens is 3. The van der Waals surface area contributed by atoms with Crippen LogP contribution in [0.3, 0.4) is 0 Å². The van der Waals surface area contributed by atoms with Crippen molar-refractivity contribution in [2.75, 3.05) is 21.2 Å². The molecule has 0 spiro atoms. The number of carbonyl (C=O) groups excluding carboxylic acids is 2. The highest BCUT2D eigenvalue weighted by Gasteiger charge is 2.32. The lowest BCUT2D eigenvalue weighted by atomic mass is 9.97. The number of amides is 2. The predicted octanol–water partition coefficient (Wildman–Crippen LogP) is 4.89. The summed E-state index contributed by atoms with van der Waals surface area (Å²) in [5.74, 6) is -0.749. The van der Waals surface area contributed by atoms with Crippen LogP contribution in [0, 0.1) is 0 Å². The van der Waals surface area contributed by atoms with Gasteiger partial charge in [0, 0.05) is 42.7 Å². The summed E-state index contributed by atoms with van der Waals surface area (Å²) in [6, 6.07) is 13.3. The van der Waals surface area contributed by atoms with E-state index in [1.54, 1.807) is 13.2 Å². The molecule has 0 unspecified atom stereocenters. The van der Waals surface area contributed by atoms with Crippen LogP contribution in [-0.4, -0.2) is 48.1 Å². The topological polar surface area (TPSA) is 87.3 Å². The van der Waals surface area contributed by atoms with Crippen LogP contribution in [0.15, 0.2) is 60.8 Å². The Morgan fingerprint density at radius 1 is 1.08 bits per heavy atom. The molecule has 4 rings (SSSR count). The Morgan fingerprint density at radius 3 is 2.56 bits per heavy atom. The van der Waals surface area contributed by atoms with Crippen LogP contribution in [0.5, 0.6) is 5.75 Å². The number of para-hydroxylation sites is 1. The van der Waals surface area contributed by atoms with E-state index in [1.807, 2.05) is 18.2 Å². The summed E-state index contributed by atoms with van der Waals surface area (Å²) >= 11 is 0. The Hall–Kier alpha value is -4.34. The van der Waals surface area contributed by atoms with Gasteiger partial charge in [-0.15, -0.1) is 0 Å². The molecule has 4 aromatic rings. The van der Waals surface area contributed by atoms with Gasteiger partial charge >= 0.3 is 6.18 Å². The van der Waals surface area contributed by atoms with Crippen LogP contribution < -0.4 is 10.1 Å². The van der Waals surface area contributed by atoms with Gasteiger partial charge in [0.2, 0.25) is 0 Å². The molecule has 1 aromatic heterocycles. The number of methoxy groups -OCH3 is 1. The average molecular weight is 496 g/mol. The number of rotatable bonds is 6. The van der Waals surface area contributed by atoms with Crippen molar-refractivity contribution in [3.63, 3.8) is 0 Å². The molecule has 10 heteroatoms. The number of aromatic nitrogens is 2. The maximum Gasteiger partial charge on any atom is 0.416 e. The summed E-state index contributed by atoms with van der Waals surface area (Å²) in [6.07, 6.45) is -2.95. The van der Waals surface area contributed by atoms with Crippen LogP contribution >= 0.6 is 0 Å². The Morgan fingerprint density at radius 2 is 1.86 bits per heavy atom. The number of nitrogens with zero attached hydrogens (tertiary/aromatic N) is 2. The Balaban J connectivity index is 1.67. The number of fused-ring (bicyclic) bond motifs is 1. The lowest BCUT2D eigenvalue weighted by Gasteiger charge is -2.19. The molecule has 0 aliphatic heterocycles. The number of alkyl halides is 3. The third kappa shape index (κ3) is 4.88. The number of H-pyrrole nitrogens is 1. The summed E-state index contributed by atoms with van der Waals surface area (Å²) in [5, 5.41) is 10.2. The van der Waals surface area contributed by atoms with E-state index in [9.17, 15) is 22.8 Å². The standard InChI is InChI=1S/C26H23F3N4O3/c1-30-24(34)19-9-18(10-20(11-19)26(27,28)29)21-8-7-15(12-22(21)36-3)25(35)33(2)14-17-6-4-5-16-13-31-32-23(16)17/h4-13H,14H2,1-3H3,(H,30,34)(H,31,32). The molecular formula is C26H23F3N4O3. The second kappa shape index (κ2) is 9.73. The normalized spacial score (nSPS) is 11.4. The van der Waals surface area contributed by atoms with Crippen molar-refractivity contribution in [2.45, 2.75) is 12.7 Å². The Labute approximate surface area is 204 Å². The van der Waals surface area contributed by atoms with E-state index in [1.165, 1.54) is 43.3 Å². The number of benzene rings is 3. The van der Waals surface area contributed by atoms with Gasteiger partial charge < -0.3 is 15.0 Å². The smallest absolute Gasteiger partial charge is 0.416 e. The molecule has 0 saturated heterocycles. The molecule has 7 nitrogen and oxygen atoms in total. The molecule has 0 fully saturated rings. The first-order valence-corrected chi connectivity index (χ1v) is 10.9. The van der Waals surface area contributed by atoms with E-state index < -0.39 is 17.6 Å². The molecule has 2 amide bonds. The van der Waals surface area contributed by atoms with Crippen molar-refractivity contribution in [3.05, 3.63) is 83.0 Å². The summed E-state index contributed by atoms with van der Waals surface area (Å²) in [7, 11) is 4.36. The number of hydrogen-bond donors (Lipinski definition) is 2. The van der Waals surface area contributed by atoms with Crippen LogP contribution in [0.1, 0.15) is 31.8 Å². The molecule has 0 aliphatic rings. The van der Waals surface area contributed by atoms with Gasteiger partial charge in [-0.25, -0.2) is 0 Å². The fraction of sp³-hybridized carbons (Fsp3) is 0.192. The van der Waals surface area contributed by atoms with Gasteiger partial charge in [-0.2, -0.15) is 18.3 Å². The van der Waals surface area contributed by atoms with E-state index in [0.29, 0.717) is 17.7 Å². The van der Waals surface area contributed by atoms with E-state index in [4.69, 9.17) is 4.74 Å². The maximum absolute atomic E-state index is 13.5. The molecule has 3 aromatic carbocycles. The van der Waals surface area contributed by atoms with Gasteiger partial charge in [0.25, 0.3) is 11.8 Å². The van der Waals surface area contributed by atoms with Crippen LogP contribution in [-0.2, 0) is 12.7 Å². The highest BCUT2D eigenvalue weighted by molar-refractivity contribution is 5.97. The van der Waals surface area contributed by atoms with Gasteiger partial charge in [0.1, 0.15) is 5.75 Å². The van der Waals surface area contributed by atoms with E-state index in [2.05, 4.69) is 15.5 Å². The number of nitrogens with one attached hydrogen (secondary N) is 2. The summed E-state index contributed by atoms with van der Waals surface area (Å²) < 4.78 is 45.9. The molecule has 2 N–H and O–H groups in total. The lowest BCUT2D eigenvalue weighted by molar-refractivity contribution is -0.137. The first kappa shape index (κ1) is 24.8. The molecule has 186 valence electrons. The molecule has 0 saturated carbocycles. The summed E-state index contributed by atoms with van der Waals surface area (Å²) in [6.45, 7) is 0.311. The molecule has 0 bridgehead atoms. The van der Waals surface area contributed by atoms with Gasteiger partial charge in [-0.3, -0.25) is 14.7 Å². The number of aromatic amines is 1. The van der Waals surface area contributed by atoms with Gasteiger partial charge in [-0.1, -0.05) is 18.2 Å². The van der Waals surface area contributed by atoms with Crippen molar-refractivity contribution >= 4 is 22.7 Å². The van der Waals surface area contributed by atoms with Crippen LogP contribution in [0.4, 0.5) is 13.2 Å². The fourth-order valence-electron chi connectivity index (χ4n) is 3.99. The van der Waals surface area contributed by atoms with E-state index in [0.717, 1.165) is 28.6 Å². The highest BCUT2D eigenvalue weighted by Crippen LogP contribution is 2.37. The lowest BCUT2D eigenvalue weighted by Crippen LogP contribution is -2.26. The second-order valence-electron chi connectivity index (χ2n) is 8.20. The minimum absolute atomic E-state index is 0.138. The largest absolute Gasteiger partial charge is 0.496 e. The monoisotopic (exact) mass is 496 g/mol. The molecule has 1 heterocycles. The Kier molecular flexibility index (Phi) is 6.69. The summed E-state index contributed by atoms with van der Waals surface area (Å²) in [5.41, 5.74) is 1.37. The third-order valence-electron chi connectivity index (χ3n) is 5.83. The van der Waals surface area contributed by atoms with Crippen molar-refractivity contribution in [1.29, 1.82) is 0 Å². The first-order valence-electron chi connectivity index (χ1n) is 10.9. The minimum atomic E-state index is -4.65. The maximum atomic E-state index is 13.5. The Bertz CT molecular complexity index is 1450. The van der Waals surface area contributed by atoms with Gasteiger partial charge in [0.15, 0.2) is 0 Å². The van der Waals surface area contributed by atoms with Crippen molar-refractivity contribution in [2.24, 2.45) is 0 Å². The van der Waals surface area contributed by atoms with Crippen LogP contribution in [0.2, 0.25) is 0 Å². The first-order chi connectivity index (χ1) is 17.1. The predicted molar refractivity (Wildman–Crippen MR) is 129 cm³/mol. The van der Waals surface area contributed by atoms with Crippen LogP contribution in [0.25, 0.3) is 22.0 Å². The summed E-state index contributed by atoms with van der Waals surface area (Å²) in [4.78, 5) is 26.8. The zero-order chi connectivity index (χ0) is 26.0. The van der Waals surface area contributed by atoms with Gasteiger partial charge in [0.05, 0.1) is 24.4 Å². The molecule has 0 aliphatic carbocycles. The van der Waals surface area contributed by atoms with Gasteiger partial charge in [-0.05, 0) is 47.5 Å². The third-order valence-corrected chi connectivity index (χ3v) is 5.83. The highest BCUT2D eigenvalue weighted by atomic mass is 19.4. The molecule has 0 radical (unpaired) electrons. The second-order valence-corrected chi connectivity index (χ2v) is 8.20. The quantitative estimate of drug-likeness (QED) is 0.398. The number of ether oxygens (including phenoxy) is 1. The van der Waals surface area contributed by atoms with Crippen molar-refractivity contribution in [3.8, 4) is 16.9 Å². The molecule has 36 heavy (non-hydrogen) atoms. The number of carbonyl (C=O) groups is 2. The SMILES string of the molecule is CNC(=O)c1cc(-c2ccc(C(=O)N(C)Cc3cccc4cn[nH]c34)cc2OC)cc(C(F)(F)F)c1. The van der Waals surface area contributed by atoms with Crippen molar-refractivity contribution < 1.29 is 27.5 Å². The minimum Gasteiger partial charge on any atom is -0.496 e. The van der Waals surface area contributed by atoms with Crippen molar-refractivity contribution in [1.82, 2.24) is 20.4 Å². The molecule has 0 atom stereocenters. The average Bonchev–Trinajstić information content (AvgIpc) is 3.36.